The Hall–Kier alpha value is -0.480. The number of esters is 1. The Morgan fingerprint density at radius 1 is 0.969 bits per heavy atom. The second-order valence-corrected chi connectivity index (χ2v) is 11.1. The molecule has 0 aliphatic rings. The van der Waals surface area contributed by atoms with Crippen LogP contribution in [-0.2, 0) is 24.4 Å². The third-order valence-corrected chi connectivity index (χ3v) is 7.91. The number of hydrogen-bond acceptors (Lipinski definition) is 6. The Morgan fingerprint density at radius 3 is 1.62 bits per heavy atom. The van der Waals surface area contributed by atoms with Gasteiger partial charge in [0.1, 0.15) is 5.75 Å². The van der Waals surface area contributed by atoms with Crippen LogP contribution in [0.5, 0.6) is 0 Å². The van der Waals surface area contributed by atoms with Crippen molar-refractivity contribution in [3.63, 3.8) is 0 Å². The number of halogens is 6. The molecule has 0 aromatic heterocycles. The lowest BCUT2D eigenvalue weighted by Crippen LogP contribution is -2.40. The molecule has 0 spiro atoms. The van der Waals surface area contributed by atoms with E-state index in [0.29, 0.717) is 3.57 Å². The molecule has 9 nitrogen and oxygen atoms in total. The SMILES string of the molecule is CC(=O)N(C)c1c(I)c(C(=O)OC(CS(=O)(=O)O)C(F)(F)F)c(I)c(N(C)C(C)=O)c1I. The first-order valence-corrected chi connectivity index (χ1v) is 13.1. The van der Waals surface area contributed by atoms with Crippen LogP contribution in [0, 0.1) is 10.7 Å². The maximum atomic E-state index is 13.3. The van der Waals surface area contributed by atoms with E-state index in [0.717, 1.165) is 9.80 Å². The van der Waals surface area contributed by atoms with Gasteiger partial charge in [-0.1, -0.05) is 0 Å². The van der Waals surface area contributed by atoms with E-state index in [1.165, 1.54) is 27.9 Å². The summed E-state index contributed by atoms with van der Waals surface area (Å²) in [7, 11) is -2.39. The minimum absolute atomic E-state index is 0.0487. The highest BCUT2D eigenvalue weighted by Gasteiger charge is 2.46. The highest BCUT2D eigenvalue weighted by molar-refractivity contribution is 14.1. The fraction of sp³-hybridized carbons (Fsp3) is 0.438. The van der Waals surface area contributed by atoms with Crippen molar-refractivity contribution in [2.75, 3.05) is 29.6 Å². The highest BCUT2D eigenvalue weighted by atomic mass is 127. The van der Waals surface area contributed by atoms with Crippen molar-refractivity contribution in [2.45, 2.75) is 26.1 Å². The molecule has 1 rings (SSSR count). The van der Waals surface area contributed by atoms with Gasteiger partial charge in [0.15, 0.2) is 0 Å². The van der Waals surface area contributed by atoms with Gasteiger partial charge < -0.3 is 14.5 Å². The van der Waals surface area contributed by atoms with Gasteiger partial charge in [-0.3, -0.25) is 14.1 Å². The number of hydrogen-bond donors (Lipinski definition) is 1. The minimum Gasteiger partial charge on any atom is -0.448 e. The van der Waals surface area contributed by atoms with E-state index in [-0.39, 0.29) is 18.5 Å². The van der Waals surface area contributed by atoms with Gasteiger partial charge in [0, 0.05) is 27.9 Å². The maximum absolute atomic E-state index is 13.3. The Labute approximate surface area is 222 Å². The van der Waals surface area contributed by atoms with Gasteiger partial charge in [0.2, 0.25) is 17.9 Å². The third kappa shape index (κ3) is 7.01. The molecular weight excluding hydrogens is 802 g/mol. The van der Waals surface area contributed by atoms with Crippen LogP contribution >= 0.6 is 67.8 Å². The number of rotatable bonds is 6. The number of carbonyl (C=O) groups excluding carboxylic acids is 3. The Kier molecular flexibility index (Phi) is 10.0. The van der Waals surface area contributed by atoms with E-state index in [1.807, 2.05) is 22.6 Å². The first kappa shape index (κ1) is 29.6. The summed E-state index contributed by atoms with van der Waals surface area (Å²) in [5, 5.41) is 0. The molecule has 0 fully saturated rings. The van der Waals surface area contributed by atoms with E-state index in [2.05, 4.69) is 4.74 Å². The van der Waals surface area contributed by atoms with Gasteiger partial charge >= 0.3 is 12.1 Å². The van der Waals surface area contributed by atoms with Gasteiger partial charge in [-0.25, -0.2) is 4.79 Å². The summed E-state index contributed by atoms with van der Waals surface area (Å²) in [4.78, 5) is 39.1. The van der Waals surface area contributed by atoms with Crippen molar-refractivity contribution in [1.82, 2.24) is 0 Å². The maximum Gasteiger partial charge on any atom is 0.426 e. The van der Waals surface area contributed by atoms with Crippen molar-refractivity contribution in [3.8, 4) is 0 Å². The van der Waals surface area contributed by atoms with Crippen molar-refractivity contribution in [1.29, 1.82) is 0 Å². The summed E-state index contributed by atoms with van der Waals surface area (Å²) in [5.41, 5.74) is -0.109. The smallest absolute Gasteiger partial charge is 0.426 e. The highest BCUT2D eigenvalue weighted by Crippen LogP contribution is 2.42. The number of alkyl halides is 3. The van der Waals surface area contributed by atoms with E-state index in [4.69, 9.17) is 4.55 Å². The Morgan fingerprint density at radius 2 is 1.34 bits per heavy atom. The van der Waals surface area contributed by atoms with Crippen LogP contribution in [0.1, 0.15) is 24.2 Å². The summed E-state index contributed by atoms with van der Waals surface area (Å²) in [5.74, 6) is -4.35. The summed E-state index contributed by atoms with van der Waals surface area (Å²) in [6.07, 6.45) is -8.43. The van der Waals surface area contributed by atoms with Crippen molar-refractivity contribution in [2.24, 2.45) is 0 Å². The molecule has 2 amide bonds. The molecule has 0 saturated carbocycles. The third-order valence-electron chi connectivity index (χ3n) is 4.07. The molecule has 32 heavy (non-hydrogen) atoms. The number of anilines is 2. The molecule has 0 radical (unpaired) electrons. The van der Waals surface area contributed by atoms with Crippen LogP contribution < -0.4 is 9.80 Å². The van der Waals surface area contributed by atoms with Crippen LogP contribution in [-0.4, -0.2) is 62.9 Å². The number of amides is 2. The second-order valence-electron chi connectivity index (χ2n) is 6.35. The Balaban J connectivity index is 3.82. The quantitative estimate of drug-likeness (QED) is 0.266. The molecule has 0 heterocycles. The molecule has 0 aliphatic heterocycles. The van der Waals surface area contributed by atoms with Crippen LogP contribution in [0.4, 0.5) is 24.5 Å². The average Bonchev–Trinajstić information content (AvgIpc) is 2.58. The molecule has 16 heteroatoms. The molecule has 0 bridgehead atoms. The van der Waals surface area contributed by atoms with E-state index >= 15 is 0 Å². The summed E-state index contributed by atoms with van der Waals surface area (Å²) >= 11 is 5.15. The molecule has 1 unspecified atom stereocenters. The molecule has 0 aliphatic carbocycles. The first-order valence-electron chi connectivity index (χ1n) is 8.23. The van der Waals surface area contributed by atoms with Gasteiger partial charge in [0.05, 0.1) is 27.6 Å². The van der Waals surface area contributed by atoms with Crippen LogP contribution in [0.25, 0.3) is 0 Å². The standard InChI is InChI=1S/C16H16F3I3N2O7S/c1-6(25)23(3)13-10(20)9(11(21)14(12(13)22)24(4)7(2)26)15(27)31-8(16(17,18)19)5-32(28,29)30/h8H,5H2,1-4H3,(H,28,29,30). The lowest BCUT2D eigenvalue weighted by atomic mass is 10.1. The van der Waals surface area contributed by atoms with Crippen molar-refractivity contribution >= 4 is 107 Å². The minimum atomic E-state index is -5.29. The number of carbonyl (C=O) groups is 3. The molecule has 1 aromatic rings. The number of benzene rings is 1. The zero-order chi connectivity index (χ0) is 25.3. The lowest BCUT2D eigenvalue weighted by Gasteiger charge is -2.28. The second kappa shape index (κ2) is 10.8. The van der Waals surface area contributed by atoms with Crippen molar-refractivity contribution < 1.29 is 45.3 Å². The van der Waals surface area contributed by atoms with E-state index < -0.39 is 51.5 Å². The molecule has 180 valence electrons. The van der Waals surface area contributed by atoms with Crippen LogP contribution in [0.3, 0.4) is 0 Å². The van der Waals surface area contributed by atoms with Gasteiger partial charge in [0.25, 0.3) is 10.1 Å². The molecular formula is C16H16F3I3N2O7S. The zero-order valence-electron chi connectivity index (χ0n) is 16.8. The number of nitrogens with zero attached hydrogens (tertiary/aromatic N) is 2. The Bertz CT molecular complexity index is 1020. The first-order chi connectivity index (χ1) is 14.3. The van der Waals surface area contributed by atoms with Crippen molar-refractivity contribution in [3.05, 3.63) is 16.3 Å². The topological polar surface area (TPSA) is 121 Å². The average molecular weight is 818 g/mol. The summed E-state index contributed by atoms with van der Waals surface area (Å²) < 4.78 is 75.5. The largest absolute Gasteiger partial charge is 0.448 e. The van der Waals surface area contributed by atoms with Crippen LogP contribution in [0.15, 0.2) is 0 Å². The molecule has 1 atom stereocenters. The normalized spacial score (nSPS) is 12.8. The molecule has 1 N–H and O–H groups in total. The zero-order valence-corrected chi connectivity index (χ0v) is 24.0. The fourth-order valence-electron chi connectivity index (χ4n) is 2.30. The van der Waals surface area contributed by atoms with E-state index in [1.54, 1.807) is 45.2 Å². The molecule has 0 saturated heterocycles. The lowest BCUT2D eigenvalue weighted by molar-refractivity contribution is -0.197. The predicted octanol–water partition coefficient (Wildman–Crippen LogP) is 3.44. The van der Waals surface area contributed by atoms with Crippen LogP contribution in [0.2, 0.25) is 0 Å². The predicted molar refractivity (Wildman–Crippen MR) is 134 cm³/mol. The van der Waals surface area contributed by atoms with Gasteiger partial charge in [-0.15, -0.1) is 0 Å². The van der Waals surface area contributed by atoms with E-state index in [9.17, 15) is 36.0 Å². The van der Waals surface area contributed by atoms with Gasteiger partial charge in [-0.2, -0.15) is 21.6 Å². The number of ether oxygens (including phenoxy) is 1. The monoisotopic (exact) mass is 818 g/mol. The fourth-order valence-corrected chi connectivity index (χ4v) is 7.99. The summed E-state index contributed by atoms with van der Waals surface area (Å²) in [6, 6.07) is 0. The summed E-state index contributed by atoms with van der Waals surface area (Å²) in [6.45, 7) is 2.45. The van der Waals surface area contributed by atoms with Gasteiger partial charge in [-0.05, 0) is 67.8 Å². The molecule has 1 aromatic carbocycles.